The monoisotopic (exact) mass is 448 g/mol. The molecule has 0 aliphatic carbocycles. The van der Waals surface area contributed by atoms with Crippen molar-refractivity contribution in [2.75, 3.05) is 19.0 Å². The van der Waals surface area contributed by atoms with Gasteiger partial charge in [-0.2, -0.15) is 5.10 Å². The van der Waals surface area contributed by atoms with Gasteiger partial charge in [0.15, 0.2) is 5.65 Å². The number of halogens is 1. The van der Waals surface area contributed by atoms with E-state index in [0.29, 0.717) is 43.9 Å². The van der Waals surface area contributed by atoms with Gasteiger partial charge in [0.25, 0.3) is 0 Å². The largest absolute Gasteiger partial charge is 0.497 e. The summed E-state index contributed by atoms with van der Waals surface area (Å²) in [4.78, 5) is 20.8. The number of amides is 1. The summed E-state index contributed by atoms with van der Waals surface area (Å²) in [7, 11) is 1.63. The standard InChI is InChI=1S/C24H25FN6O2/c1-33-20-9-4-17(5-10-20)6-11-22(32)26-12-13-31-24-21(15-30-31)23(28-16-29-24)27-14-18-2-7-19(25)8-3-18/h2-5,7-10,15-16H,6,11-14H2,1H3,(H,26,32)(H,27,28,29). The summed E-state index contributed by atoms with van der Waals surface area (Å²) < 4.78 is 20.0. The molecule has 33 heavy (non-hydrogen) atoms. The summed E-state index contributed by atoms with van der Waals surface area (Å²) >= 11 is 0. The van der Waals surface area contributed by atoms with Crippen LogP contribution in [0.5, 0.6) is 5.75 Å². The van der Waals surface area contributed by atoms with Gasteiger partial charge >= 0.3 is 0 Å². The van der Waals surface area contributed by atoms with E-state index in [0.717, 1.165) is 22.3 Å². The Morgan fingerprint density at radius 2 is 1.82 bits per heavy atom. The summed E-state index contributed by atoms with van der Waals surface area (Å²) in [5.41, 5.74) is 2.70. The Labute approximate surface area is 190 Å². The van der Waals surface area contributed by atoms with Crippen molar-refractivity contribution >= 4 is 22.8 Å². The number of hydrogen-bond acceptors (Lipinski definition) is 6. The van der Waals surface area contributed by atoms with Crippen LogP contribution < -0.4 is 15.4 Å². The molecule has 0 aliphatic heterocycles. The zero-order valence-electron chi connectivity index (χ0n) is 18.3. The van der Waals surface area contributed by atoms with E-state index in [9.17, 15) is 9.18 Å². The first-order chi connectivity index (χ1) is 16.1. The van der Waals surface area contributed by atoms with Crippen molar-refractivity contribution in [3.05, 3.63) is 78.0 Å². The Morgan fingerprint density at radius 1 is 1.06 bits per heavy atom. The number of aryl methyl sites for hydroxylation is 1. The molecule has 4 aromatic rings. The molecule has 1 amide bonds. The number of carbonyl (C=O) groups is 1. The lowest BCUT2D eigenvalue weighted by molar-refractivity contribution is -0.121. The number of aromatic nitrogens is 4. The maximum Gasteiger partial charge on any atom is 0.220 e. The molecule has 2 aromatic carbocycles. The number of carbonyl (C=O) groups excluding carboxylic acids is 1. The second kappa shape index (κ2) is 10.5. The van der Waals surface area contributed by atoms with Crippen molar-refractivity contribution in [2.24, 2.45) is 0 Å². The quantitative estimate of drug-likeness (QED) is 0.387. The summed E-state index contributed by atoms with van der Waals surface area (Å²) in [6.07, 6.45) is 4.25. The molecule has 0 atom stereocenters. The summed E-state index contributed by atoms with van der Waals surface area (Å²) in [5, 5.41) is 11.3. The minimum Gasteiger partial charge on any atom is -0.497 e. The molecule has 8 nitrogen and oxygen atoms in total. The van der Waals surface area contributed by atoms with E-state index in [4.69, 9.17) is 4.74 Å². The number of hydrogen-bond donors (Lipinski definition) is 2. The summed E-state index contributed by atoms with van der Waals surface area (Å²) in [6, 6.07) is 14.0. The van der Waals surface area contributed by atoms with Crippen molar-refractivity contribution in [2.45, 2.75) is 25.9 Å². The lowest BCUT2D eigenvalue weighted by Crippen LogP contribution is -2.27. The Balaban J connectivity index is 1.28. The van der Waals surface area contributed by atoms with Gasteiger partial charge in [0.1, 0.15) is 23.7 Å². The first kappa shape index (κ1) is 22.2. The van der Waals surface area contributed by atoms with Gasteiger partial charge in [0.2, 0.25) is 5.91 Å². The van der Waals surface area contributed by atoms with Gasteiger partial charge in [-0.05, 0) is 41.8 Å². The van der Waals surface area contributed by atoms with Crippen LogP contribution in [0.25, 0.3) is 11.0 Å². The molecule has 0 spiro atoms. The van der Waals surface area contributed by atoms with Gasteiger partial charge in [-0.25, -0.2) is 19.0 Å². The van der Waals surface area contributed by atoms with Gasteiger partial charge in [-0.3, -0.25) is 4.79 Å². The highest BCUT2D eigenvalue weighted by atomic mass is 19.1. The second-order valence-electron chi connectivity index (χ2n) is 7.51. The Kier molecular flexibility index (Phi) is 7.09. The SMILES string of the molecule is COc1ccc(CCC(=O)NCCn2ncc3c(NCc4ccc(F)cc4)ncnc32)cc1. The Bertz CT molecular complexity index is 1210. The molecular weight excluding hydrogens is 423 g/mol. The highest BCUT2D eigenvalue weighted by Gasteiger charge is 2.10. The summed E-state index contributed by atoms with van der Waals surface area (Å²) in [5.74, 6) is 1.17. The fourth-order valence-corrected chi connectivity index (χ4v) is 3.43. The van der Waals surface area contributed by atoms with E-state index in [-0.39, 0.29) is 11.7 Å². The van der Waals surface area contributed by atoms with Crippen LogP contribution in [-0.2, 0) is 24.3 Å². The average molecular weight is 449 g/mol. The Hall–Kier alpha value is -4.01. The van der Waals surface area contributed by atoms with Crippen molar-refractivity contribution in [1.82, 2.24) is 25.1 Å². The predicted molar refractivity (Wildman–Crippen MR) is 123 cm³/mol. The molecule has 2 heterocycles. The molecule has 0 saturated heterocycles. The van der Waals surface area contributed by atoms with Crippen LogP contribution in [-0.4, -0.2) is 39.3 Å². The van der Waals surface area contributed by atoms with Gasteiger partial charge < -0.3 is 15.4 Å². The normalized spacial score (nSPS) is 10.8. The van der Waals surface area contributed by atoms with Crippen molar-refractivity contribution in [1.29, 1.82) is 0 Å². The smallest absolute Gasteiger partial charge is 0.220 e. The third-order valence-electron chi connectivity index (χ3n) is 5.25. The van der Waals surface area contributed by atoms with Gasteiger partial charge in [0.05, 0.1) is 25.2 Å². The number of fused-ring (bicyclic) bond motifs is 1. The molecule has 2 N–H and O–H groups in total. The van der Waals surface area contributed by atoms with Crippen LogP contribution in [0, 0.1) is 5.82 Å². The number of anilines is 1. The second-order valence-corrected chi connectivity index (χ2v) is 7.51. The number of nitrogens with zero attached hydrogens (tertiary/aromatic N) is 4. The van der Waals surface area contributed by atoms with Gasteiger partial charge in [-0.15, -0.1) is 0 Å². The minimum absolute atomic E-state index is 0.0152. The third-order valence-corrected chi connectivity index (χ3v) is 5.25. The molecule has 4 rings (SSSR count). The van der Waals surface area contributed by atoms with E-state index in [1.807, 2.05) is 24.3 Å². The zero-order chi connectivity index (χ0) is 23.0. The number of ether oxygens (including phenoxy) is 1. The number of methoxy groups -OCH3 is 1. The highest BCUT2D eigenvalue weighted by molar-refractivity contribution is 5.86. The summed E-state index contributed by atoms with van der Waals surface area (Å²) in [6.45, 7) is 1.44. The van der Waals surface area contributed by atoms with Crippen LogP contribution in [0.15, 0.2) is 61.1 Å². The van der Waals surface area contributed by atoms with Crippen LogP contribution in [0.2, 0.25) is 0 Å². The molecule has 0 radical (unpaired) electrons. The minimum atomic E-state index is -0.266. The molecule has 9 heteroatoms. The highest BCUT2D eigenvalue weighted by Crippen LogP contribution is 2.19. The first-order valence-corrected chi connectivity index (χ1v) is 10.7. The topological polar surface area (TPSA) is 94.0 Å². The number of rotatable bonds is 10. The molecule has 0 fully saturated rings. The van der Waals surface area contributed by atoms with E-state index < -0.39 is 0 Å². The Morgan fingerprint density at radius 3 is 2.58 bits per heavy atom. The first-order valence-electron chi connectivity index (χ1n) is 10.7. The van der Waals surface area contributed by atoms with E-state index >= 15 is 0 Å². The van der Waals surface area contributed by atoms with Crippen molar-refractivity contribution in [3.8, 4) is 5.75 Å². The molecule has 0 saturated carbocycles. The van der Waals surface area contributed by atoms with E-state index in [1.54, 1.807) is 30.1 Å². The lowest BCUT2D eigenvalue weighted by Gasteiger charge is -2.08. The van der Waals surface area contributed by atoms with E-state index in [1.165, 1.54) is 18.5 Å². The van der Waals surface area contributed by atoms with Gasteiger partial charge in [0, 0.05) is 19.5 Å². The van der Waals surface area contributed by atoms with E-state index in [2.05, 4.69) is 25.7 Å². The molecule has 0 aliphatic rings. The fourth-order valence-electron chi connectivity index (χ4n) is 3.43. The molecule has 2 aromatic heterocycles. The molecule has 0 unspecified atom stereocenters. The maximum atomic E-state index is 13.1. The van der Waals surface area contributed by atoms with Gasteiger partial charge in [-0.1, -0.05) is 24.3 Å². The van der Waals surface area contributed by atoms with Crippen molar-refractivity contribution < 1.29 is 13.9 Å². The number of nitrogens with one attached hydrogen (secondary N) is 2. The third kappa shape index (κ3) is 5.82. The number of benzene rings is 2. The van der Waals surface area contributed by atoms with Crippen LogP contribution >= 0.6 is 0 Å². The fraction of sp³-hybridized carbons (Fsp3) is 0.250. The molecule has 170 valence electrons. The predicted octanol–water partition coefficient (Wildman–Crippen LogP) is 3.34. The van der Waals surface area contributed by atoms with Crippen LogP contribution in [0.4, 0.5) is 10.2 Å². The lowest BCUT2D eigenvalue weighted by atomic mass is 10.1. The van der Waals surface area contributed by atoms with Crippen molar-refractivity contribution in [3.63, 3.8) is 0 Å². The van der Waals surface area contributed by atoms with Crippen LogP contribution in [0.3, 0.4) is 0 Å². The molecule has 0 bridgehead atoms. The zero-order valence-corrected chi connectivity index (χ0v) is 18.3. The molecular formula is C24H25FN6O2. The average Bonchev–Trinajstić information content (AvgIpc) is 3.26. The van der Waals surface area contributed by atoms with Crippen LogP contribution in [0.1, 0.15) is 17.5 Å². The maximum absolute atomic E-state index is 13.1.